The first-order valence-electron chi connectivity index (χ1n) is 10.3. The van der Waals surface area contributed by atoms with Gasteiger partial charge in [0.1, 0.15) is 5.76 Å². The minimum atomic E-state index is -0.101. The van der Waals surface area contributed by atoms with E-state index in [9.17, 15) is 4.79 Å². The maximum Gasteiger partial charge on any atom is 0.287 e. The summed E-state index contributed by atoms with van der Waals surface area (Å²) in [7, 11) is 0. The Labute approximate surface area is 160 Å². The van der Waals surface area contributed by atoms with E-state index in [0.29, 0.717) is 17.8 Å². The molecule has 3 saturated heterocycles. The minimum absolute atomic E-state index is 0.101. The zero-order valence-electron chi connectivity index (χ0n) is 15.6. The molecule has 2 aromatic rings. The molecule has 5 rings (SSSR count). The number of anilines is 1. The molecule has 0 unspecified atom stereocenters. The van der Waals surface area contributed by atoms with E-state index in [4.69, 9.17) is 4.42 Å². The van der Waals surface area contributed by atoms with Gasteiger partial charge >= 0.3 is 0 Å². The molecule has 0 saturated carbocycles. The summed E-state index contributed by atoms with van der Waals surface area (Å²) in [6, 6.07) is 13.3. The molecular weight excluding hydrogens is 338 g/mol. The number of carbonyl (C=O) groups is 1. The highest BCUT2D eigenvalue weighted by atomic mass is 16.4. The zero-order valence-corrected chi connectivity index (χ0v) is 15.6. The smallest absolute Gasteiger partial charge is 0.287 e. The Balaban J connectivity index is 1.34. The molecule has 3 atom stereocenters. The number of benzene rings is 1. The standard InChI is InChI=1S/C22H27N3O2/c26-22(24-18-14-15-8-9-17(18)23-15)21-11-10-20(27-21)16-6-2-3-7-19(16)25-12-4-1-5-13-25/h2-3,6-7,10-11,15,17-18,23H,1,4-5,8-9,12-14H2,(H,24,26)/t15-,17+,18-/m1/s1. The third-order valence-electron chi connectivity index (χ3n) is 6.31. The highest BCUT2D eigenvalue weighted by Gasteiger charge is 2.40. The van der Waals surface area contributed by atoms with Crippen LogP contribution in [0, 0.1) is 0 Å². The predicted molar refractivity (Wildman–Crippen MR) is 106 cm³/mol. The van der Waals surface area contributed by atoms with E-state index >= 15 is 0 Å². The van der Waals surface area contributed by atoms with Gasteiger partial charge in [0.2, 0.25) is 0 Å². The molecule has 3 fully saturated rings. The van der Waals surface area contributed by atoms with Crippen molar-refractivity contribution in [3.63, 3.8) is 0 Å². The van der Waals surface area contributed by atoms with Crippen LogP contribution in [0.5, 0.6) is 0 Å². The summed E-state index contributed by atoms with van der Waals surface area (Å²) in [5, 5.41) is 6.72. The molecule has 142 valence electrons. The Morgan fingerprint density at radius 1 is 1.07 bits per heavy atom. The van der Waals surface area contributed by atoms with Crippen molar-refractivity contribution in [2.24, 2.45) is 0 Å². The number of nitrogens with one attached hydrogen (secondary N) is 2. The zero-order chi connectivity index (χ0) is 18.2. The minimum Gasteiger partial charge on any atom is -0.451 e. The quantitative estimate of drug-likeness (QED) is 0.870. The SMILES string of the molecule is O=C(N[C@@H]1C[C@H]2CC[C@@H]1N2)c1ccc(-c2ccccc2N2CCCCC2)o1. The second kappa shape index (κ2) is 7.04. The number of nitrogens with zero attached hydrogens (tertiary/aromatic N) is 1. The van der Waals surface area contributed by atoms with Gasteiger partial charge in [-0.2, -0.15) is 0 Å². The summed E-state index contributed by atoms with van der Waals surface area (Å²) in [6.07, 6.45) is 7.19. The van der Waals surface area contributed by atoms with Gasteiger partial charge in [0.25, 0.3) is 5.91 Å². The maximum atomic E-state index is 12.7. The molecule has 3 aliphatic heterocycles. The van der Waals surface area contributed by atoms with Crippen molar-refractivity contribution in [3.05, 3.63) is 42.2 Å². The van der Waals surface area contributed by atoms with Gasteiger partial charge in [-0.25, -0.2) is 0 Å². The fourth-order valence-electron chi connectivity index (χ4n) is 4.92. The van der Waals surface area contributed by atoms with Crippen LogP contribution >= 0.6 is 0 Å². The molecule has 0 aliphatic carbocycles. The van der Waals surface area contributed by atoms with Gasteiger partial charge in [0.05, 0.1) is 0 Å². The van der Waals surface area contributed by atoms with E-state index in [2.05, 4.69) is 33.7 Å². The van der Waals surface area contributed by atoms with Gasteiger partial charge in [0.15, 0.2) is 5.76 Å². The lowest BCUT2D eigenvalue weighted by Gasteiger charge is -2.30. The highest BCUT2D eigenvalue weighted by molar-refractivity contribution is 5.92. The molecule has 4 heterocycles. The van der Waals surface area contributed by atoms with Gasteiger partial charge < -0.3 is 20.0 Å². The van der Waals surface area contributed by atoms with Crippen LogP contribution in [-0.4, -0.2) is 37.1 Å². The summed E-state index contributed by atoms with van der Waals surface area (Å²) in [5.74, 6) is 1.07. The third kappa shape index (κ3) is 3.25. The van der Waals surface area contributed by atoms with Crippen LogP contribution in [-0.2, 0) is 0 Å². The van der Waals surface area contributed by atoms with Crippen molar-refractivity contribution < 1.29 is 9.21 Å². The number of fused-ring (bicyclic) bond motifs is 2. The number of furan rings is 1. The first kappa shape index (κ1) is 16.9. The van der Waals surface area contributed by atoms with Crippen molar-refractivity contribution in [2.45, 2.75) is 56.7 Å². The molecule has 1 aromatic carbocycles. The van der Waals surface area contributed by atoms with Crippen LogP contribution in [0.4, 0.5) is 5.69 Å². The molecule has 5 nitrogen and oxygen atoms in total. The van der Waals surface area contributed by atoms with Crippen molar-refractivity contribution in [1.29, 1.82) is 0 Å². The number of carbonyl (C=O) groups excluding carboxylic acids is 1. The molecule has 0 spiro atoms. The van der Waals surface area contributed by atoms with E-state index in [1.165, 1.54) is 31.4 Å². The molecule has 5 heteroatoms. The van der Waals surface area contributed by atoms with E-state index in [1.807, 2.05) is 12.1 Å². The van der Waals surface area contributed by atoms with Crippen LogP contribution in [0.25, 0.3) is 11.3 Å². The summed E-state index contributed by atoms with van der Waals surface area (Å²) in [4.78, 5) is 15.1. The van der Waals surface area contributed by atoms with Crippen LogP contribution in [0.3, 0.4) is 0 Å². The number of rotatable bonds is 4. The van der Waals surface area contributed by atoms with Crippen LogP contribution in [0.15, 0.2) is 40.8 Å². The van der Waals surface area contributed by atoms with Crippen LogP contribution < -0.4 is 15.5 Å². The fraction of sp³-hybridized carbons (Fsp3) is 0.500. The molecule has 1 amide bonds. The molecule has 2 N–H and O–H groups in total. The summed E-state index contributed by atoms with van der Waals surface area (Å²) in [5.41, 5.74) is 2.27. The monoisotopic (exact) mass is 365 g/mol. The largest absolute Gasteiger partial charge is 0.451 e. The van der Waals surface area contributed by atoms with Crippen molar-refractivity contribution in [1.82, 2.24) is 10.6 Å². The number of para-hydroxylation sites is 1. The van der Waals surface area contributed by atoms with Crippen molar-refractivity contribution in [3.8, 4) is 11.3 Å². The molecular formula is C22H27N3O2. The third-order valence-corrected chi connectivity index (χ3v) is 6.31. The van der Waals surface area contributed by atoms with Gasteiger partial charge in [-0.05, 0) is 62.8 Å². The normalized spacial score (nSPS) is 27.1. The van der Waals surface area contributed by atoms with Gasteiger partial charge in [-0.3, -0.25) is 4.79 Å². The number of hydrogen-bond donors (Lipinski definition) is 2. The number of amides is 1. The van der Waals surface area contributed by atoms with Gasteiger partial charge in [-0.1, -0.05) is 12.1 Å². The van der Waals surface area contributed by atoms with Gasteiger partial charge in [0, 0.05) is 42.5 Å². The Morgan fingerprint density at radius 2 is 1.93 bits per heavy atom. The fourth-order valence-corrected chi connectivity index (χ4v) is 4.92. The first-order chi connectivity index (χ1) is 13.3. The van der Waals surface area contributed by atoms with E-state index in [0.717, 1.165) is 37.3 Å². The van der Waals surface area contributed by atoms with E-state index < -0.39 is 0 Å². The molecule has 2 bridgehead atoms. The van der Waals surface area contributed by atoms with Crippen molar-refractivity contribution >= 4 is 11.6 Å². The van der Waals surface area contributed by atoms with Crippen LogP contribution in [0.2, 0.25) is 0 Å². The second-order valence-electron chi connectivity index (χ2n) is 8.09. The van der Waals surface area contributed by atoms with E-state index in [1.54, 1.807) is 6.07 Å². The average Bonchev–Trinajstić information content (AvgIpc) is 3.46. The summed E-state index contributed by atoms with van der Waals surface area (Å²) < 4.78 is 5.99. The molecule has 1 aromatic heterocycles. The van der Waals surface area contributed by atoms with Crippen molar-refractivity contribution in [2.75, 3.05) is 18.0 Å². The highest BCUT2D eigenvalue weighted by Crippen LogP contribution is 2.34. The molecule has 27 heavy (non-hydrogen) atoms. The first-order valence-corrected chi connectivity index (χ1v) is 10.3. The molecule has 0 radical (unpaired) electrons. The lowest BCUT2D eigenvalue weighted by Crippen LogP contribution is -2.42. The second-order valence-corrected chi connectivity index (χ2v) is 8.09. The van der Waals surface area contributed by atoms with E-state index in [-0.39, 0.29) is 11.9 Å². The lowest BCUT2D eigenvalue weighted by atomic mass is 9.95. The predicted octanol–water partition coefficient (Wildman–Crippen LogP) is 3.56. The Bertz CT molecular complexity index is 824. The molecule has 3 aliphatic rings. The topological polar surface area (TPSA) is 57.5 Å². The maximum absolute atomic E-state index is 12.7. The summed E-state index contributed by atoms with van der Waals surface area (Å²) in [6.45, 7) is 2.17. The Morgan fingerprint density at radius 3 is 2.70 bits per heavy atom. The average molecular weight is 365 g/mol. The summed E-state index contributed by atoms with van der Waals surface area (Å²) >= 11 is 0. The lowest BCUT2D eigenvalue weighted by molar-refractivity contribution is 0.0903. The Hall–Kier alpha value is -2.27. The number of hydrogen-bond acceptors (Lipinski definition) is 4. The number of piperidine rings is 1. The van der Waals surface area contributed by atoms with Crippen LogP contribution in [0.1, 0.15) is 49.1 Å². The van der Waals surface area contributed by atoms with Gasteiger partial charge in [-0.15, -0.1) is 0 Å². The Kier molecular flexibility index (Phi) is 4.40.